The van der Waals surface area contributed by atoms with Gasteiger partial charge in [-0.2, -0.15) is 5.26 Å². The molecule has 4 nitrogen and oxygen atoms in total. The second-order valence-electron chi connectivity index (χ2n) is 2.85. The monoisotopic (exact) mass is 184 g/mol. The first-order chi connectivity index (χ1) is 6.13. The minimum atomic E-state index is -0.0791. The van der Waals surface area contributed by atoms with Gasteiger partial charge in [-0.25, -0.2) is 0 Å². The Bertz CT molecular complexity index is 198. The summed E-state index contributed by atoms with van der Waals surface area (Å²) >= 11 is 0. The number of rotatable bonds is 5. The number of ether oxygens (including phenoxy) is 1. The number of amides is 1. The summed E-state index contributed by atoms with van der Waals surface area (Å²) in [5.74, 6) is -0.0791. The van der Waals surface area contributed by atoms with E-state index in [0.717, 1.165) is 0 Å². The van der Waals surface area contributed by atoms with Gasteiger partial charge in [0, 0.05) is 19.7 Å². The van der Waals surface area contributed by atoms with Gasteiger partial charge in [0.2, 0.25) is 5.91 Å². The Labute approximate surface area is 79.1 Å². The van der Waals surface area contributed by atoms with Crippen molar-refractivity contribution in [3.63, 3.8) is 0 Å². The zero-order valence-corrected chi connectivity index (χ0v) is 8.41. The molecule has 13 heavy (non-hydrogen) atoms. The largest absolute Gasteiger partial charge is 0.372 e. The molecule has 0 heterocycles. The molecule has 0 aliphatic rings. The number of nitriles is 1. The van der Waals surface area contributed by atoms with Crippen molar-refractivity contribution in [3.05, 3.63) is 0 Å². The number of nitrogens with zero attached hydrogens (tertiary/aromatic N) is 2. The third-order valence-corrected chi connectivity index (χ3v) is 1.87. The van der Waals surface area contributed by atoms with Crippen LogP contribution in [-0.4, -0.2) is 37.1 Å². The molecular formula is C9H16N2O2. The van der Waals surface area contributed by atoms with Crippen molar-refractivity contribution in [2.45, 2.75) is 26.3 Å². The Hall–Kier alpha value is -1.08. The van der Waals surface area contributed by atoms with Crippen LogP contribution in [0, 0.1) is 11.3 Å². The van der Waals surface area contributed by atoms with Crippen LogP contribution >= 0.6 is 0 Å². The Morgan fingerprint density at radius 3 is 2.77 bits per heavy atom. The summed E-state index contributed by atoms with van der Waals surface area (Å²) in [5.41, 5.74) is 0. The smallest absolute Gasteiger partial charge is 0.248 e. The van der Waals surface area contributed by atoms with Gasteiger partial charge in [0.05, 0.1) is 12.5 Å². The van der Waals surface area contributed by atoms with Crippen molar-refractivity contribution in [2.24, 2.45) is 0 Å². The molecule has 0 aromatic rings. The van der Waals surface area contributed by atoms with Gasteiger partial charge < -0.3 is 9.64 Å². The van der Waals surface area contributed by atoms with Crippen LogP contribution < -0.4 is 0 Å². The number of hydrogen-bond acceptors (Lipinski definition) is 3. The van der Waals surface area contributed by atoms with Crippen molar-refractivity contribution < 1.29 is 9.53 Å². The van der Waals surface area contributed by atoms with E-state index in [4.69, 9.17) is 10.00 Å². The first-order valence-corrected chi connectivity index (χ1v) is 4.33. The number of likely N-dealkylation sites (N-methyl/N-ethyl adjacent to an activating group) is 1. The van der Waals surface area contributed by atoms with E-state index in [0.29, 0.717) is 13.0 Å². The molecule has 0 radical (unpaired) electrons. The molecule has 0 bridgehead atoms. The summed E-state index contributed by atoms with van der Waals surface area (Å²) in [6.07, 6.45) is 0.356. The summed E-state index contributed by atoms with van der Waals surface area (Å²) in [5, 5.41) is 8.42. The Balaban J connectivity index is 3.88. The third kappa shape index (κ3) is 4.48. The molecule has 1 unspecified atom stereocenters. The fourth-order valence-corrected chi connectivity index (χ4v) is 0.806. The lowest BCUT2D eigenvalue weighted by Gasteiger charge is -2.22. The Morgan fingerprint density at radius 2 is 2.31 bits per heavy atom. The highest BCUT2D eigenvalue weighted by atomic mass is 16.5. The minimum absolute atomic E-state index is 0.0436. The van der Waals surface area contributed by atoms with Gasteiger partial charge in [0.25, 0.3) is 0 Å². The summed E-state index contributed by atoms with van der Waals surface area (Å²) in [7, 11) is 1.68. The first-order valence-electron chi connectivity index (χ1n) is 4.33. The molecule has 74 valence electrons. The Kier molecular flexibility index (Phi) is 5.90. The molecule has 1 amide bonds. The van der Waals surface area contributed by atoms with Gasteiger partial charge in [-0.15, -0.1) is 0 Å². The summed E-state index contributed by atoms with van der Waals surface area (Å²) < 4.78 is 4.97. The van der Waals surface area contributed by atoms with Crippen LogP contribution in [0.5, 0.6) is 0 Å². The number of carbonyl (C=O) groups is 1. The molecular weight excluding hydrogens is 168 g/mol. The maximum Gasteiger partial charge on any atom is 0.248 e. The van der Waals surface area contributed by atoms with Gasteiger partial charge >= 0.3 is 0 Å². The quantitative estimate of drug-likeness (QED) is 0.634. The van der Waals surface area contributed by atoms with E-state index in [1.54, 1.807) is 11.9 Å². The van der Waals surface area contributed by atoms with Crippen LogP contribution in [0.1, 0.15) is 20.3 Å². The molecule has 0 saturated heterocycles. The summed E-state index contributed by atoms with van der Waals surface area (Å²) in [6, 6.07) is 1.98. The van der Waals surface area contributed by atoms with E-state index in [-0.39, 0.29) is 18.6 Å². The summed E-state index contributed by atoms with van der Waals surface area (Å²) in [4.78, 5) is 12.9. The number of hydrogen-bond donors (Lipinski definition) is 0. The molecule has 0 aliphatic heterocycles. The zero-order chi connectivity index (χ0) is 10.3. The highest BCUT2D eigenvalue weighted by Crippen LogP contribution is 2.00. The second-order valence-corrected chi connectivity index (χ2v) is 2.85. The van der Waals surface area contributed by atoms with Crippen LogP contribution in [0.15, 0.2) is 0 Å². The predicted octanol–water partition coefficient (Wildman–Crippen LogP) is 0.783. The fraction of sp³-hybridized carbons (Fsp3) is 0.778. The summed E-state index contributed by atoms with van der Waals surface area (Å²) in [6.45, 7) is 4.31. The van der Waals surface area contributed by atoms with Gasteiger partial charge in [-0.05, 0) is 13.8 Å². The van der Waals surface area contributed by atoms with Crippen LogP contribution in [0.2, 0.25) is 0 Å². The SMILES string of the molecule is CCOCC(=O)N(C)C(C)CC#N. The zero-order valence-electron chi connectivity index (χ0n) is 8.41. The third-order valence-electron chi connectivity index (χ3n) is 1.87. The lowest BCUT2D eigenvalue weighted by molar-refractivity contribution is -0.136. The van der Waals surface area contributed by atoms with E-state index >= 15 is 0 Å². The van der Waals surface area contributed by atoms with Gasteiger partial charge in [-0.3, -0.25) is 4.79 Å². The average Bonchev–Trinajstić information content (AvgIpc) is 2.13. The van der Waals surface area contributed by atoms with E-state index in [2.05, 4.69) is 0 Å². The predicted molar refractivity (Wildman–Crippen MR) is 49.0 cm³/mol. The van der Waals surface area contributed by atoms with Crippen molar-refractivity contribution >= 4 is 5.91 Å². The molecule has 0 aromatic carbocycles. The molecule has 0 fully saturated rings. The van der Waals surface area contributed by atoms with Crippen molar-refractivity contribution in [1.29, 1.82) is 5.26 Å². The van der Waals surface area contributed by atoms with Crippen molar-refractivity contribution in [1.82, 2.24) is 4.90 Å². The van der Waals surface area contributed by atoms with Crippen molar-refractivity contribution in [2.75, 3.05) is 20.3 Å². The molecule has 0 rings (SSSR count). The van der Waals surface area contributed by atoms with Gasteiger partial charge in [-0.1, -0.05) is 0 Å². The maximum absolute atomic E-state index is 11.3. The molecule has 4 heteroatoms. The lowest BCUT2D eigenvalue weighted by atomic mass is 10.2. The van der Waals surface area contributed by atoms with Crippen LogP contribution in [0.25, 0.3) is 0 Å². The van der Waals surface area contributed by atoms with Gasteiger partial charge in [0.1, 0.15) is 6.61 Å². The molecule has 0 spiro atoms. The normalized spacial score (nSPS) is 11.8. The average molecular weight is 184 g/mol. The van der Waals surface area contributed by atoms with E-state index in [9.17, 15) is 4.79 Å². The van der Waals surface area contributed by atoms with Crippen LogP contribution in [0.4, 0.5) is 0 Å². The molecule has 0 N–H and O–H groups in total. The highest BCUT2D eigenvalue weighted by molar-refractivity contribution is 5.77. The lowest BCUT2D eigenvalue weighted by Crippen LogP contribution is -2.37. The van der Waals surface area contributed by atoms with E-state index in [1.165, 1.54) is 0 Å². The Morgan fingerprint density at radius 1 is 1.69 bits per heavy atom. The van der Waals surface area contributed by atoms with Crippen LogP contribution in [0.3, 0.4) is 0 Å². The van der Waals surface area contributed by atoms with Crippen LogP contribution in [-0.2, 0) is 9.53 Å². The minimum Gasteiger partial charge on any atom is -0.372 e. The first kappa shape index (κ1) is 11.9. The molecule has 0 aliphatic carbocycles. The van der Waals surface area contributed by atoms with Gasteiger partial charge in [0.15, 0.2) is 0 Å². The van der Waals surface area contributed by atoms with Crippen molar-refractivity contribution in [3.8, 4) is 6.07 Å². The maximum atomic E-state index is 11.3. The molecule has 0 saturated carbocycles. The molecule has 0 aromatic heterocycles. The standard InChI is InChI=1S/C9H16N2O2/c1-4-13-7-9(12)11(3)8(2)5-6-10/h8H,4-5,7H2,1-3H3. The van der Waals surface area contributed by atoms with E-state index < -0.39 is 0 Å². The number of carbonyl (C=O) groups excluding carboxylic acids is 1. The highest BCUT2D eigenvalue weighted by Gasteiger charge is 2.14. The second kappa shape index (κ2) is 6.44. The molecule has 1 atom stereocenters. The topological polar surface area (TPSA) is 53.3 Å². The van der Waals surface area contributed by atoms with E-state index in [1.807, 2.05) is 19.9 Å². The fourth-order valence-electron chi connectivity index (χ4n) is 0.806.